The summed E-state index contributed by atoms with van der Waals surface area (Å²) in [6.07, 6.45) is 16.9. The van der Waals surface area contributed by atoms with Gasteiger partial charge in [0.25, 0.3) is 0 Å². The van der Waals surface area contributed by atoms with Crippen molar-refractivity contribution in [2.75, 3.05) is 6.54 Å². The van der Waals surface area contributed by atoms with Crippen LogP contribution in [0.4, 0.5) is 0 Å². The minimum atomic E-state index is -0.655. The van der Waals surface area contributed by atoms with Crippen molar-refractivity contribution in [3.63, 3.8) is 0 Å². The molecule has 0 aliphatic carbocycles. The van der Waals surface area contributed by atoms with Crippen LogP contribution in [0.5, 0.6) is 0 Å². The number of aliphatic hydroxyl groups is 1. The number of carboxylic acid groups (broad SMARTS) is 1. The fourth-order valence-electron chi connectivity index (χ4n) is 2.29. The summed E-state index contributed by atoms with van der Waals surface area (Å²) in [4.78, 5) is 10.3. The molecule has 1 unspecified atom stereocenters. The van der Waals surface area contributed by atoms with Crippen LogP contribution in [0.2, 0.25) is 0 Å². The number of rotatable bonds is 15. The molecule has 0 aliphatic heterocycles. The number of nitrogens with two attached hydrogens (primary N) is 1. The number of hydrogen-bond donors (Lipinski definition) is 3. The van der Waals surface area contributed by atoms with Gasteiger partial charge in [0.05, 0.1) is 6.10 Å². The van der Waals surface area contributed by atoms with Crippen LogP contribution in [0.1, 0.15) is 104 Å². The number of aliphatic hydroxyl groups excluding tert-OH is 1. The lowest BCUT2D eigenvalue weighted by Gasteiger charge is -2.02. The smallest absolute Gasteiger partial charge is 0.303 e. The molecule has 4 heteroatoms. The number of carboxylic acids is 1. The molecule has 0 radical (unpaired) electrons. The molecule has 0 aliphatic rings. The molecule has 0 aromatic heterocycles. The quantitative estimate of drug-likeness (QED) is 0.373. The van der Waals surface area contributed by atoms with Crippen LogP contribution in [0, 0.1) is 0 Å². The zero-order valence-electron chi connectivity index (χ0n) is 15.6. The Morgan fingerprint density at radius 3 is 1.39 bits per heavy atom. The molecule has 0 bridgehead atoms. The normalized spacial score (nSPS) is 11.7. The number of unbranched alkanes of at least 4 members (excludes halogenated alkanes) is 12. The average Bonchev–Trinajstić information content (AvgIpc) is 2.52. The van der Waals surface area contributed by atoms with E-state index in [4.69, 9.17) is 15.9 Å². The van der Waals surface area contributed by atoms with E-state index < -0.39 is 5.97 Å². The molecule has 0 amide bonds. The van der Waals surface area contributed by atoms with Crippen molar-refractivity contribution in [3.05, 3.63) is 0 Å². The van der Waals surface area contributed by atoms with E-state index in [1.54, 1.807) is 6.92 Å². The van der Waals surface area contributed by atoms with Gasteiger partial charge in [0.15, 0.2) is 0 Å². The van der Waals surface area contributed by atoms with Crippen molar-refractivity contribution in [1.29, 1.82) is 0 Å². The maximum absolute atomic E-state index is 10.3. The molecular formula is C19H41NO3. The second-order valence-corrected chi connectivity index (χ2v) is 6.47. The third kappa shape index (κ3) is 29.9. The van der Waals surface area contributed by atoms with Crippen LogP contribution >= 0.6 is 0 Å². The van der Waals surface area contributed by atoms with E-state index in [-0.39, 0.29) is 6.10 Å². The first-order valence-electron chi connectivity index (χ1n) is 9.64. The minimum absolute atomic E-state index is 0.338. The standard InChI is InChI=1S/C16H32O2.C3H9NO/c1-2-3-4-5-6-7-8-9-10-11-12-13-14-15-16(17)18;1-3(5)2-4/h2-15H2,1H3,(H,17,18);3,5H,2,4H2,1H3. The molecule has 0 aromatic carbocycles. The van der Waals surface area contributed by atoms with Gasteiger partial charge in [-0.25, -0.2) is 0 Å². The Labute approximate surface area is 143 Å². The summed E-state index contributed by atoms with van der Waals surface area (Å²) in [7, 11) is 0. The molecule has 140 valence electrons. The van der Waals surface area contributed by atoms with Gasteiger partial charge in [0, 0.05) is 13.0 Å². The van der Waals surface area contributed by atoms with E-state index >= 15 is 0 Å². The van der Waals surface area contributed by atoms with Crippen LogP contribution in [0.25, 0.3) is 0 Å². The van der Waals surface area contributed by atoms with Crippen LogP contribution < -0.4 is 5.73 Å². The van der Waals surface area contributed by atoms with E-state index in [0.717, 1.165) is 12.8 Å². The van der Waals surface area contributed by atoms with Gasteiger partial charge in [-0.3, -0.25) is 4.79 Å². The third-order valence-electron chi connectivity index (χ3n) is 3.84. The summed E-state index contributed by atoms with van der Waals surface area (Å²) in [6, 6.07) is 0. The SMILES string of the molecule is CC(O)CN.CCCCCCCCCCCCCCCC(=O)O. The van der Waals surface area contributed by atoms with Crippen LogP contribution in [-0.4, -0.2) is 28.8 Å². The van der Waals surface area contributed by atoms with Gasteiger partial charge in [0.1, 0.15) is 0 Å². The minimum Gasteiger partial charge on any atom is -0.481 e. The predicted molar refractivity (Wildman–Crippen MR) is 98.7 cm³/mol. The van der Waals surface area contributed by atoms with Crippen molar-refractivity contribution in [1.82, 2.24) is 0 Å². The van der Waals surface area contributed by atoms with Crippen LogP contribution in [0.15, 0.2) is 0 Å². The van der Waals surface area contributed by atoms with Gasteiger partial charge in [-0.1, -0.05) is 84.0 Å². The van der Waals surface area contributed by atoms with Gasteiger partial charge in [0.2, 0.25) is 0 Å². The molecule has 0 spiro atoms. The highest BCUT2D eigenvalue weighted by Crippen LogP contribution is 2.12. The Hall–Kier alpha value is -0.610. The lowest BCUT2D eigenvalue weighted by Crippen LogP contribution is -2.14. The van der Waals surface area contributed by atoms with E-state index in [1.807, 2.05) is 0 Å². The van der Waals surface area contributed by atoms with Crippen molar-refractivity contribution in [2.24, 2.45) is 5.73 Å². The summed E-state index contributed by atoms with van der Waals surface area (Å²) in [5.74, 6) is -0.655. The summed E-state index contributed by atoms with van der Waals surface area (Å²) in [5.41, 5.74) is 4.92. The monoisotopic (exact) mass is 331 g/mol. The summed E-state index contributed by atoms with van der Waals surface area (Å²) < 4.78 is 0. The van der Waals surface area contributed by atoms with E-state index in [9.17, 15) is 4.79 Å². The fourth-order valence-corrected chi connectivity index (χ4v) is 2.29. The van der Waals surface area contributed by atoms with Gasteiger partial charge in [-0.15, -0.1) is 0 Å². The topological polar surface area (TPSA) is 83.5 Å². The van der Waals surface area contributed by atoms with Crippen LogP contribution in [-0.2, 0) is 4.79 Å². The Morgan fingerprint density at radius 1 is 0.826 bits per heavy atom. The zero-order valence-corrected chi connectivity index (χ0v) is 15.6. The molecule has 0 aromatic rings. The summed E-state index contributed by atoms with van der Waals surface area (Å²) in [6.45, 7) is 4.27. The second kappa shape index (κ2) is 21.4. The van der Waals surface area contributed by atoms with E-state index in [2.05, 4.69) is 6.92 Å². The molecule has 4 N–H and O–H groups in total. The highest BCUT2D eigenvalue weighted by Gasteiger charge is 1.96. The largest absolute Gasteiger partial charge is 0.481 e. The lowest BCUT2D eigenvalue weighted by atomic mass is 10.0. The van der Waals surface area contributed by atoms with E-state index in [0.29, 0.717) is 13.0 Å². The van der Waals surface area contributed by atoms with E-state index in [1.165, 1.54) is 70.6 Å². The molecule has 4 nitrogen and oxygen atoms in total. The number of carbonyl (C=O) groups is 1. The molecule has 0 saturated carbocycles. The molecule has 0 heterocycles. The fraction of sp³-hybridized carbons (Fsp3) is 0.947. The van der Waals surface area contributed by atoms with Gasteiger partial charge >= 0.3 is 5.97 Å². The summed E-state index contributed by atoms with van der Waals surface area (Å²) in [5, 5.41) is 16.7. The Bertz CT molecular complexity index is 233. The summed E-state index contributed by atoms with van der Waals surface area (Å²) >= 11 is 0. The first kappa shape index (κ1) is 24.6. The molecule has 0 saturated heterocycles. The maximum Gasteiger partial charge on any atom is 0.303 e. The van der Waals surface area contributed by atoms with Crippen molar-refractivity contribution in [2.45, 2.75) is 110 Å². The highest BCUT2D eigenvalue weighted by molar-refractivity contribution is 5.66. The second-order valence-electron chi connectivity index (χ2n) is 6.47. The van der Waals surface area contributed by atoms with Crippen LogP contribution in [0.3, 0.4) is 0 Å². The number of aliphatic carboxylic acids is 1. The number of hydrogen-bond acceptors (Lipinski definition) is 3. The zero-order chi connectivity index (χ0) is 17.8. The molecule has 23 heavy (non-hydrogen) atoms. The highest BCUT2D eigenvalue weighted by atomic mass is 16.4. The van der Waals surface area contributed by atoms with Crippen molar-refractivity contribution in [3.8, 4) is 0 Å². The lowest BCUT2D eigenvalue weighted by molar-refractivity contribution is -0.137. The van der Waals surface area contributed by atoms with Gasteiger partial charge in [-0.2, -0.15) is 0 Å². The molecule has 0 rings (SSSR count). The molecule has 1 atom stereocenters. The van der Waals surface area contributed by atoms with Crippen molar-refractivity contribution < 1.29 is 15.0 Å². The third-order valence-corrected chi connectivity index (χ3v) is 3.84. The maximum atomic E-state index is 10.3. The Balaban J connectivity index is 0. The first-order valence-corrected chi connectivity index (χ1v) is 9.64. The molecule has 0 fully saturated rings. The van der Waals surface area contributed by atoms with Crippen molar-refractivity contribution >= 4 is 5.97 Å². The predicted octanol–water partition coefficient (Wildman–Crippen LogP) is 4.88. The Morgan fingerprint density at radius 2 is 1.13 bits per heavy atom. The Kier molecular flexibility index (Phi) is 22.9. The average molecular weight is 332 g/mol. The first-order chi connectivity index (χ1) is 11.0. The molecular weight excluding hydrogens is 290 g/mol. The van der Waals surface area contributed by atoms with Gasteiger partial charge in [-0.05, 0) is 13.3 Å². The van der Waals surface area contributed by atoms with Gasteiger partial charge < -0.3 is 15.9 Å².